The van der Waals surface area contributed by atoms with Crippen LogP contribution in [0.5, 0.6) is 5.75 Å². The van der Waals surface area contributed by atoms with Crippen LogP contribution in [0.3, 0.4) is 0 Å². The first-order chi connectivity index (χ1) is 13.0. The zero-order valence-electron chi connectivity index (χ0n) is 15.8. The molecule has 0 aliphatic rings. The van der Waals surface area contributed by atoms with E-state index < -0.39 is 13.9 Å². The topological polar surface area (TPSA) is 63.5 Å². The molecule has 0 bridgehead atoms. The molecule has 0 saturated carbocycles. The smallest absolute Gasteiger partial charge is 0.489 e. The molecule has 3 aromatic rings. The lowest BCUT2D eigenvalue weighted by atomic mass is 9.88. The third-order valence-corrected chi connectivity index (χ3v) is 5.67. The predicted octanol–water partition coefficient (Wildman–Crippen LogP) is 4.75. The summed E-state index contributed by atoms with van der Waals surface area (Å²) in [7, 11) is -1.32. The minimum Gasteiger partial charge on any atom is -0.566 e. The summed E-state index contributed by atoms with van der Waals surface area (Å²) >= 11 is 0. The number of hydrogen-bond donors (Lipinski definition) is 0. The molecule has 0 aliphatic heterocycles. The van der Waals surface area contributed by atoms with Crippen molar-refractivity contribution in [3.8, 4) is 5.75 Å². The second kappa shape index (κ2) is 8.22. The summed E-state index contributed by atoms with van der Waals surface area (Å²) in [5.74, 6) is 0.760. The molecule has 3 rings (SSSR count). The molecule has 0 radical (unpaired) electrons. The largest absolute Gasteiger partial charge is 0.566 e. The Morgan fingerprint density at radius 1 is 1.11 bits per heavy atom. The van der Waals surface area contributed by atoms with Gasteiger partial charge in [0.15, 0.2) is 5.60 Å². The molecule has 27 heavy (non-hydrogen) atoms. The van der Waals surface area contributed by atoms with Gasteiger partial charge in [0, 0.05) is 29.8 Å². The van der Waals surface area contributed by atoms with Gasteiger partial charge in [0.25, 0.3) is 0 Å². The van der Waals surface area contributed by atoms with E-state index in [1.54, 1.807) is 7.11 Å². The van der Waals surface area contributed by atoms with Crippen molar-refractivity contribution >= 4 is 19.2 Å². The Morgan fingerprint density at radius 3 is 2.41 bits per heavy atom. The van der Waals surface area contributed by atoms with E-state index in [4.69, 9.17) is 9.26 Å². The Balaban J connectivity index is 2.19. The molecule has 0 amide bonds. The molecule has 0 saturated heterocycles. The lowest BCUT2D eigenvalue weighted by Crippen LogP contribution is -2.26. The van der Waals surface area contributed by atoms with Gasteiger partial charge in [0.2, 0.25) is 0 Å². The van der Waals surface area contributed by atoms with Gasteiger partial charge in [-0.2, -0.15) is 0 Å². The highest BCUT2D eigenvalue weighted by molar-refractivity contribution is 7.30. The summed E-state index contributed by atoms with van der Waals surface area (Å²) < 4.78 is 24.4. The maximum absolute atomic E-state index is 11.4. The molecule has 1 atom stereocenters. The van der Waals surface area contributed by atoms with Gasteiger partial charge in [0.05, 0.1) is 12.6 Å². The first kappa shape index (κ1) is 19.6. The van der Waals surface area contributed by atoms with Crippen molar-refractivity contribution in [2.75, 3.05) is 7.11 Å². The highest BCUT2D eigenvalue weighted by Crippen LogP contribution is 2.43. The maximum atomic E-state index is 11.4. The fraction of sp³-hybridized carbons (Fsp3) is 0.333. The summed E-state index contributed by atoms with van der Waals surface area (Å²) in [6.07, 6.45) is 3.13. The molecule has 1 aromatic heterocycles. The van der Waals surface area contributed by atoms with Gasteiger partial charge in [-0.05, 0) is 35.1 Å². The summed E-state index contributed by atoms with van der Waals surface area (Å²) in [4.78, 5) is 11.4. The molecule has 142 valence electrons. The molecule has 1 heterocycles. The third kappa shape index (κ3) is 3.91. The number of nitrogens with zero attached hydrogens (tertiary/aromatic N) is 1. The minimum atomic E-state index is -2.96. The van der Waals surface area contributed by atoms with Crippen LogP contribution in [-0.4, -0.2) is 11.7 Å². The van der Waals surface area contributed by atoms with Gasteiger partial charge in [0.1, 0.15) is 5.75 Å². The highest BCUT2D eigenvalue weighted by Gasteiger charge is 2.38. The van der Waals surface area contributed by atoms with E-state index in [0.29, 0.717) is 19.4 Å². The quantitative estimate of drug-likeness (QED) is 0.525. The van der Waals surface area contributed by atoms with Crippen LogP contribution < -0.4 is 9.63 Å². The SMILES string of the molecule is CCC(CC)(O[P+](=O)[O-])c1cn(Cc2ccccc2)c2cc(OC)ccc12. The van der Waals surface area contributed by atoms with Gasteiger partial charge in [-0.3, -0.25) is 0 Å². The number of aromatic nitrogens is 1. The fourth-order valence-corrected chi connectivity index (χ4v) is 4.27. The number of fused-ring (bicyclic) bond motifs is 1. The van der Waals surface area contributed by atoms with E-state index in [-0.39, 0.29) is 0 Å². The molecule has 6 heteroatoms. The van der Waals surface area contributed by atoms with Crippen LogP contribution in [0.1, 0.15) is 37.8 Å². The average molecular weight is 385 g/mol. The van der Waals surface area contributed by atoms with Crippen molar-refractivity contribution in [3.05, 3.63) is 65.9 Å². The lowest BCUT2D eigenvalue weighted by Gasteiger charge is -2.25. The summed E-state index contributed by atoms with van der Waals surface area (Å²) in [6.45, 7) is 4.58. The van der Waals surface area contributed by atoms with Gasteiger partial charge in [-0.15, -0.1) is 4.52 Å². The lowest BCUT2D eigenvalue weighted by molar-refractivity contribution is -0.197. The molecular formula is C21H24NO4P. The summed E-state index contributed by atoms with van der Waals surface area (Å²) in [5, 5.41) is 0.979. The Kier molecular flexibility index (Phi) is 5.95. The van der Waals surface area contributed by atoms with Gasteiger partial charge in [-0.1, -0.05) is 44.2 Å². The summed E-state index contributed by atoms with van der Waals surface area (Å²) in [6, 6.07) is 16.0. The average Bonchev–Trinajstić information content (AvgIpc) is 3.05. The summed E-state index contributed by atoms with van der Waals surface area (Å²) in [5.41, 5.74) is 2.17. The van der Waals surface area contributed by atoms with Crippen LogP contribution in [0.2, 0.25) is 0 Å². The molecular weight excluding hydrogens is 361 g/mol. The van der Waals surface area contributed by atoms with Crippen LogP contribution in [-0.2, 0) is 21.2 Å². The van der Waals surface area contributed by atoms with Crippen LogP contribution >= 0.6 is 8.25 Å². The molecule has 0 fully saturated rings. The van der Waals surface area contributed by atoms with Crippen molar-refractivity contribution < 1.29 is 18.7 Å². The van der Waals surface area contributed by atoms with E-state index in [1.165, 1.54) is 0 Å². The Bertz CT molecular complexity index is 932. The number of hydrogen-bond acceptors (Lipinski definition) is 4. The van der Waals surface area contributed by atoms with Crippen LogP contribution in [0, 0.1) is 0 Å². The third-order valence-electron chi connectivity index (χ3n) is 5.17. The van der Waals surface area contributed by atoms with Crippen LogP contribution in [0.4, 0.5) is 0 Å². The van der Waals surface area contributed by atoms with Crippen molar-refractivity contribution in [2.24, 2.45) is 0 Å². The number of ether oxygens (including phenoxy) is 1. The molecule has 2 aromatic carbocycles. The van der Waals surface area contributed by atoms with E-state index in [1.807, 2.05) is 56.4 Å². The highest BCUT2D eigenvalue weighted by atomic mass is 31.1. The minimum absolute atomic E-state index is 0.559. The number of benzene rings is 2. The van der Waals surface area contributed by atoms with Gasteiger partial charge >= 0.3 is 8.25 Å². The molecule has 0 spiro atoms. The number of rotatable bonds is 8. The number of methoxy groups -OCH3 is 1. The first-order valence-corrected chi connectivity index (χ1v) is 10.2. The van der Waals surface area contributed by atoms with Crippen LogP contribution in [0.15, 0.2) is 54.7 Å². The van der Waals surface area contributed by atoms with Crippen molar-refractivity contribution in [1.82, 2.24) is 4.57 Å². The second-order valence-electron chi connectivity index (χ2n) is 6.56. The van der Waals surface area contributed by atoms with Crippen LogP contribution in [0.25, 0.3) is 10.9 Å². The molecule has 0 aliphatic carbocycles. The second-order valence-corrected chi connectivity index (χ2v) is 7.19. The van der Waals surface area contributed by atoms with Gasteiger partial charge < -0.3 is 14.2 Å². The van der Waals surface area contributed by atoms with E-state index in [2.05, 4.69) is 16.7 Å². The zero-order chi connectivity index (χ0) is 19.4. The van der Waals surface area contributed by atoms with Crippen molar-refractivity contribution in [2.45, 2.75) is 38.8 Å². The van der Waals surface area contributed by atoms with E-state index in [9.17, 15) is 9.46 Å². The zero-order valence-corrected chi connectivity index (χ0v) is 16.7. The molecule has 1 unspecified atom stereocenters. The fourth-order valence-electron chi connectivity index (χ4n) is 3.62. The Hall–Kier alpha value is -2.20. The Labute approximate surface area is 160 Å². The standard InChI is InChI=1S/C21H24NO4P/c1-4-21(5-2,26-27(23)24)19-15-22(14-16-9-7-6-8-10-16)20-13-17(25-3)11-12-18(19)20/h6-13,15H,4-5,14H2,1-3H3. The molecule has 5 nitrogen and oxygen atoms in total. The maximum Gasteiger partial charge on any atom is 0.489 e. The van der Waals surface area contributed by atoms with E-state index >= 15 is 0 Å². The van der Waals surface area contributed by atoms with E-state index in [0.717, 1.165) is 27.8 Å². The monoisotopic (exact) mass is 385 g/mol. The van der Waals surface area contributed by atoms with Gasteiger partial charge in [-0.25, -0.2) is 0 Å². The normalized spacial score (nSPS) is 12.4. The first-order valence-electron chi connectivity index (χ1n) is 9.07. The van der Waals surface area contributed by atoms with Crippen molar-refractivity contribution in [3.63, 3.8) is 0 Å². The Morgan fingerprint density at radius 2 is 1.81 bits per heavy atom. The van der Waals surface area contributed by atoms with Crippen molar-refractivity contribution in [1.29, 1.82) is 0 Å². The molecule has 0 N–H and O–H groups in total. The predicted molar refractivity (Wildman–Crippen MR) is 105 cm³/mol.